The average molecular weight is 503 g/mol. The first-order chi connectivity index (χ1) is 14.4. The molecule has 152 valence electrons. The third-order valence-corrected chi connectivity index (χ3v) is 6.14. The number of fused-ring (bicyclic) bond motifs is 1. The lowest BCUT2D eigenvalue weighted by molar-refractivity contribution is 0.0937. The molecule has 1 amide bonds. The summed E-state index contributed by atoms with van der Waals surface area (Å²) in [5.74, 6) is 0.571. The molecule has 0 radical (unpaired) electrons. The van der Waals surface area contributed by atoms with Gasteiger partial charge in [-0.1, -0.05) is 57.3 Å². The molecule has 1 atom stereocenters. The SMILES string of the molecule is CC(NC(=O)c1ccc(Br)cc1)c1nc2ccccc2n1Cc1c(Cl)cccc1Cl. The Kier molecular flexibility index (Phi) is 6.14. The largest absolute Gasteiger partial charge is 0.342 e. The second-order valence-electron chi connectivity index (χ2n) is 6.95. The van der Waals surface area contributed by atoms with Crippen molar-refractivity contribution in [3.8, 4) is 0 Å². The number of imidazole rings is 1. The van der Waals surface area contributed by atoms with Gasteiger partial charge in [0.05, 0.1) is 23.6 Å². The molecule has 0 saturated heterocycles. The zero-order chi connectivity index (χ0) is 21.3. The van der Waals surface area contributed by atoms with Crippen molar-refractivity contribution in [2.75, 3.05) is 0 Å². The van der Waals surface area contributed by atoms with Crippen LogP contribution >= 0.6 is 39.1 Å². The van der Waals surface area contributed by atoms with E-state index in [0.29, 0.717) is 22.2 Å². The number of para-hydroxylation sites is 2. The molecule has 30 heavy (non-hydrogen) atoms. The molecule has 1 N–H and O–H groups in total. The topological polar surface area (TPSA) is 46.9 Å². The maximum Gasteiger partial charge on any atom is 0.251 e. The molecule has 0 aliphatic rings. The number of nitrogens with zero attached hydrogens (tertiary/aromatic N) is 2. The first-order valence-electron chi connectivity index (χ1n) is 9.38. The van der Waals surface area contributed by atoms with Crippen molar-refractivity contribution in [2.45, 2.75) is 19.5 Å². The standard InChI is InChI=1S/C23H18BrCl2N3O/c1-14(27-23(30)15-9-11-16(24)12-10-15)22-28-20-7-2-3-8-21(20)29(22)13-17-18(25)5-4-6-19(17)26/h2-12,14H,13H2,1H3,(H,27,30). The lowest BCUT2D eigenvalue weighted by Crippen LogP contribution is -2.28. The Morgan fingerprint density at radius 3 is 2.40 bits per heavy atom. The zero-order valence-electron chi connectivity index (χ0n) is 16.1. The molecule has 0 spiro atoms. The van der Waals surface area contributed by atoms with Crippen molar-refractivity contribution < 1.29 is 4.79 Å². The number of nitrogens with one attached hydrogen (secondary N) is 1. The van der Waals surface area contributed by atoms with Crippen molar-refractivity contribution in [1.82, 2.24) is 14.9 Å². The summed E-state index contributed by atoms with van der Waals surface area (Å²) >= 11 is 16.2. The summed E-state index contributed by atoms with van der Waals surface area (Å²) in [7, 11) is 0. The quantitative estimate of drug-likeness (QED) is 0.332. The van der Waals surface area contributed by atoms with E-state index in [1.165, 1.54) is 0 Å². The molecule has 0 saturated carbocycles. The number of hydrogen-bond acceptors (Lipinski definition) is 2. The number of halogens is 3. The van der Waals surface area contributed by atoms with Crippen LogP contribution in [0.15, 0.2) is 71.2 Å². The van der Waals surface area contributed by atoms with Crippen molar-refractivity contribution in [3.05, 3.63) is 98.2 Å². The third kappa shape index (κ3) is 4.24. The van der Waals surface area contributed by atoms with Crippen LogP contribution in [0.1, 0.15) is 34.7 Å². The van der Waals surface area contributed by atoms with Gasteiger partial charge in [-0.15, -0.1) is 0 Å². The Labute approximate surface area is 193 Å². The van der Waals surface area contributed by atoms with Crippen molar-refractivity contribution in [3.63, 3.8) is 0 Å². The minimum Gasteiger partial charge on any atom is -0.342 e. The summed E-state index contributed by atoms with van der Waals surface area (Å²) < 4.78 is 2.97. The van der Waals surface area contributed by atoms with Crippen molar-refractivity contribution in [2.24, 2.45) is 0 Å². The molecule has 7 heteroatoms. The van der Waals surface area contributed by atoms with Gasteiger partial charge in [-0.3, -0.25) is 4.79 Å². The van der Waals surface area contributed by atoms with Gasteiger partial charge < -0.3 is 9.88 Å². The Morgan fingerprint density at radius 2 is 1.70 bits per heavy atom. The van der Waals surface area contributed by atoms with Gasteiger partial charge in [-0.2, -0.15) is 0 Å². The van der Waals surface area contributed by atoms with Crippen LogP contribution in [0, 0.1) is 0 Å². The predicted octanol–water partition coefficient (Wildman–Crippen LogP) is 6.64. The average Bonchev–Trinajstić information content (AvgIpc) is 3.10. The van der Waals surface area contributed by atoms with Crippen LogP contribution in [0.2, 0.25) is 10.0 Å². The highest BCUT2D eigenvalue weighted by Gasteiger charge is 2.20. The van der Waals surface area contributed by atoms with E-state index in [-0.39, 0.29) is 11.9 Å². The third-order valence-electron chi connectivity index (χ3n) is 4.90. The summed E-state index contributed by atoms with van der Waals surface area (Å²) in [5.41, 5.74) is 3.20. The van der Waals surface area contributed by atoms with Gasteiger partial charge in [0.1, 0.15) is 5.82 Å². The normalized spacial score (nSPS) is 12.1. The van der Waals surface area contributed by atoms with E-state index in [2.05, 4.69) is 25.8 Å². The highest BCUT2D eigenvalue weighted by atomic mass is 79.9. The summed E-state index contributed by atoms with van der Waals surface area (Å²) in [6.45, 7) is 2.37. The van der Waals surface area contributed by atoms with Crippen LogP contribution in [0.25, 0.3) is 11.0 Å². The van der Waals surface area contributed by atoms with E-state index >= 15 is 0 Å². The molecule has 1 unspecified atom stereocenters. The number of carbonyl (C=O) groups is 1. The Balaban J connectivity index is 1.70. The van der Waals surface area contributed by atoms with Gasteiger partial charge >= 0.3 is 0 Å². The maximum atomic E-state index is 12.7. The van der Waals surface area contributed by atoms with Gasteiger partial charge in [-0.25, -0.2) is 4.98 Å². The highest BCUT2D eigenvalue weighted by molar-refractivity contribution is 9.10. The van der Waals surface area contributed by atoms with Crippen LogP contribution in [-0.2, 0) is 6.54 Å². The summed E-state index contributed by atoms with van der Waals surface area (Å²) in [4.78, 5) is 17.5. The molecule has 1 aromatic heterocycles. The fourth-order valence-corrected chi connectivity index (χ4v) is 4.16. The molecule has 4 aromatic rings. The molecule has 0 bridgehead atoms. The lowest BCUT2D eigenvalue weighted by Gasteiger charge is -2.17. The van der Waals surface area contributed by atoms with Crippen molar-refractivity contribution in [1.29, 1.82) is 0 Å². The van der Waals surface area contributed by atoms with Crippen LogP contribution in [0.3, 0.4) is 0 Å². The summed E-state index contributed by atoms with van der Waals surface area (Å²) in [6.07, 6.45) is 0. The van der Waals surface area contributed by atoms with E-state index in [0.717, 1.165) is 26.9 Å². The number of carbonyl (C=O) groups excluding carboxylic acids is 1. The van der Waals surface area contributed by atoms with Gasteiger partial charge in [-0.05, 0) is 55.5 Å². The number of hydrogen-bond donors (Lipinski definition) is 1. The Bertz CT molecular complexity index is 1200. The van der Waals surface area contributed by atoms with E-state index in [9.17, 15) is 4.79 Å². The number of aromatic nitrogens is 2. The molecule has 4 nitrogen and oxygen atoms in total. The highest BCUT2D eigenvalue weighted by Crippen LogP contribution is 2.29. The monoisotopic (exact) mass is 501 g/mol. The molecule has 1 heterocycles. The fourth-order valence-electron chi connectivity index (χ4n) is 3.38. The van der Waals surface area contributed by atoms with E-state index in [1.54, 1.807) is 12.1 Å². The van der Waals surface area contributed by atoms with Crippen LogP contribution in [-0.4, -0.2) is 15.5 Å². The summed E-state index contributed by atoms with van der Waals surface area (Å²) in [6, 6.07) is 20.2. The van der Waals surface area contributed by atoms with Crippen molar-refractivity contribution >= 4 is 56.1 Å². The lowest BCUT2D eigenvalue weighted by atomic mass is 10.2. The van der Waals surface area contributed by atoms with Gasteiger partial charge in [0.2, 0.25) is 0 Å². The van der Waals surface area contributed by atoms with E-state index in [1.807, 2.05) is 61.5 Å². The van der Waals surface area contributed by atoms with E-state index in [4.69, 9.17) is 28.2 Å². The second-order valence-corrected chi connectivity index (χ2v) is 8.68. The number of amides is 1. The summed E-state index contributed by atoms with van der Waals surface area (Å²) in [5, 5.41) is 4.24. The number of rotatable bonds is 5. The van der Waals surface area contributed by atoms with Gasteiger partial charge in [0, 0.05) is 25.6 Å². The molecular weight excluding hydrogens is 485 g/mol. The predicted molar refractivity (Wildman–Crippen MR) is 125 cm³/mol. The van der Waals surface area contributed by atoms with E-state index < -0.39 is 0 Å². The molecular formula is C23H18BrCl2N3O. The van der Waals surface area contributed by atoms with Crippen LogP contribution in [0.5, 0.6) is 0 Å². The van der Waals surface area contributed by atoms with Crippen LogP contribution in [0.4, 0.5) is 0 Å². The second kappa shape index (κ2) is 8.80. The fraction of sp³-hybridized carbons (Fsp3) is 0.130. The Morgan fingerprint density at radius 1 is 1.03 bits per heavy atom. The molecule has 4 rings (SSSR count). The molecule has 0 aliphatic carbocycles. The minimum atomic E-state index is -0.324. The number of benzene rings is 3. The smallest absolute Gasteiger partial charge is 0.251 e. The molecule has 0 aliphatic heterocycles. The van der Waals surface area contributed by atoms with Gasteiger partial charge in [0.25, 0.3) is 5.91 Å². The Hall–Kier alpha value is -2.34. The maximum absolute atomic E-state index is 12.7. The molecule has 3 aromatic carbocycles. The molecule has 0 fully saturated rings. The first kappa shape index (κ1) is 20.9. The zero-order valence-corrected chi connectivity index (χ0v) is 19.2. The first-order valence-corrected chi connectivity index (χ1v) is 10.9. The van der Waals surface area contributed by atoms with Gasteiger partial charge in [0.15, 0.2) is 0 Å². The minimum absolute atomic E-state index is 0.163. The van der Waals surface area contributed by atoms with Crippen LogP contribution < -0.4 is 5.32 Å².